The molecule has 0 aliphatic carbocycles. The molecule has 1 aromatic carbocycles. The molecule has 1 aromatic heterocycles. The third kappa shape index (κ3) is 3.96. The molecule has 0 aliphatic heterocycles. The van der Waals surface area contributed by atoms with Crippen molar-refractivity contribution < 1.29 is 9.53 Å². The van der Waals surface area contributed by atoms with Crippen LogP contribution in [0.5, 0.6) is 0 Å². The molecule has 0 saturated carbocycles. The summed E-state index contributed by atoms with van der Waals surface area (Å²) in [6, 6.07) is 6.07. The third-order valence-electron chi connectivity index (χ3n) is 2.64. The molecule has 0 saturated heterocycles. The number of carbonyl (C=O) groups excluding carboxylic acids is 1. The Morgan fingerprint density at radius 2 is 1.86 bits per heavy atom. The Hall–Kier alpha value is -2.05. The van der Waals surface area contributed by atoms with Gasteiger partial charge in [0, 0.05) is 27.9 Å². The minimum Gasteiger partial charge on any atom is -0.459 e. The molecule has 0 bridgehead atoms. The predicted octanol–water partition coefficient (Wildman–Crippen LogP) is 1.59. The van der Waals surface area contributed by atoms with E-state index >= 15 is 0 Å². The maximum absolute atomic E-state index is 11.7. The summed E-state index contributed by atoms with van der Waals surface area (Å²) in [5, 5.41) is 0.771. The molecule has 0 fully saturated rings. The van der Waals surface area contributed by atoms with Crippen molar-refractivity contribution >= 4 is 29.2 Å². The van der Waals surface area contributed by atoms with E-state index < -0.39 is 17.2 Å². The van der Waals surface area contributed by atoms with Crippen LogP contribution in [0.1, 0.15) is 5.56 Å². The first-order valence-electron chi connectivity index (χ1n) is 5.85. The molecule has 2 aromatic rings. The number of H-pyrrole nitrogens is 1. The SMILES string of the molecule is O=C(Cn1ccc(=O)[nH]c1=O)OCc1c(Cl)cccc1Cl. The van der Waals surface area contributed by atoms with E-state index in [0.29, 0.717) is 15.6 Å². The first kappa shape index (κ1) is 15.3. The second kappa shape index (κ2) is 6.60. The van der Waals surface area contributed by atoms with Crippen LogP contribution < -0.4 is 11.2 Å². The van der Waals surface area contributed by atoms with Gasteiger partial charge >= 0.3 is 11.7 Å². The molecule has 6 nitrogen and oxygen atoms in total. The van der Waals surface area contributed by atoms with Crippen molar-refractivity contribution in [2.75, 3.05) is 0 Å². The van der Waals surface area contributed by atoms with Crippen LogP contribution in [0.15, 0.2) is 40.1 Å². The Balaban J connectivity index is 2.03. The molecule has 0 radical (unpaired) electrons. The van der Waals surface area contributed by atoms with Crippen LogP contribution in [0.2, 0.25) is 10.0 Å². The van der Waals surface area contributed by atoms with Gasteiger partial charge in [0.2, 0.25) is 0 Å². The zero-order valence-electron chi connectivity index (χ0n) is 10.6. The summed E-state index contributed by atoms with van der Waals surface area (Å²) in [4.78, 5) is 36.0. The summed E-state index contributed by atoms with van der Waals surface area (Å²) in [5.74, 6) is -0.653. The molecule has 0 spiro atoms. The van der Waals surface area contributed by atoms with Gasteiger partial charge in [-0.2, -0.15) is 0 Å². The minimum absolute atomic E-state index is 0.102. The molecule has 0 amide bonds. The van der Waals surface area contributed by atoms with Crippen LogP contribution in [0.3, 0.4) is 0 Å². The van der Waals surface area contributed by atoms with Gasteiger partial charge in [0.05, 0.1) is 0 Å². The van der Waals surface area contributed by atoms with Crippen LogP contribution in [-0.2, 0) is 22.7 Å². The highest BCUT2D eigenvalue weighted by atomic mass is 35.5. The number of ether oxygens (including phenoxy) is 1. The number of rotatable bonds is 4. The van der Waals surface area contributed by atoms with E-state index in [9.17, 15) is 14.4 Å². The topological polar surface area (TPSA) is 81.2 Å². The molecule has 21 heavy (non-hydrogen) atoms. The van der Waals surface area contributed by atoms with Crippen LogP contribution in [0.4, 0.5) is 0 Å². The molecular formula is C13H10Cl2N2O4. The Labute approximate surface area is 128 Å². The lowest BCUT2D eigenvalue weighted by atomic mass is 10.2. The van der Waals surface area contributed by atoms with E-state index in [0.717, 1.165) is 10.6 Å². The highest BCUT2D eigenvalue weighted by Crippen LogP contribution is 2.24. The second-order valence-corrected chi connectivity index (χ2v) is 4.91. The number of carbonyl (C=O) groups is 1. The Bertz CT molecular complexity index is 762. The van der Waals surface area contributed by atoms with Gasteiger partial charge in [0.1, 0.15) is 13.2 Å². The van der Waals surface area contributed by atoms with Gasteiger partial charge in [-0.3, -0.25) is 19.1 Å². The lowest BCUT2D eigenvalue weighted by molar-refractivity contribution is -0.145. The van der Waals surface area contributed by atoms with Crippen LogP contribution in [0.25, 0.3) is 0 Å². The van der Waals surface area contributed by atoms with Crippen molar-refractivity contribution in [3.63, 3.8) is 0 Å². The van der Waals surface area contributed by atoms with E-state index in [2.05, 4.69) is 0 Å². The number of esters is 1. The van der Waals surface area contributed by atoms with E-state index in [4.69, 9.17) is 27.9 Å². The molecule has 0 aliphatic rings. The highest BCUT2D eigenvalue weighted by Gasteiger charge is 2.10. The van der Waals surface area contributed by atoms with Crippen molar-refractivity contribution in [2.45, 2.75) is 13.2 Å². The van der Waals surface area contributed by atoms with Gasteiger partial charge in [-0.1, -0.05) is 29.3 Å². The number of nitrogens with one attached hydrogen (secondary N) is 1. The zero-order chi connectivity index (χ0) is 15.4. The Kier molecular flexibility index (Phi) is 4.82. The van der Waals surface area contributed by atoms with Crippen LogP contribution >= 0.6 is 23.2 Å². The molecule has 1 N–H and O–H groups in total. The van der Waals surface area contributed by atoms with E-state index in [-0.39, 0.29) is 13.2 Å². The van der Waals surface area contributed by atoms with Gasteiger partial charge in [-0.15, -0.1) is 0 Å². The molecule has 0 atom stereocenters. The number of aromatic amines is 1. The summed E-state index contributed by atoms with van der Waals surface area (Å²) in [7, 11) is 0. The van der Waals surface area contributed by atoms with Crippen molar-refractivity contribution in [1.82, 2.24) is 9.55 Å². The van der Waals surface area contributed by atoms with Crippen LogP contribution in [-0.4, -0.2) is 15.5 Å². The zero-order valence-corrected chi connectivity index (χ0v) is 12.1. The second-order valence-electron chi connectivity index (χ2n) is 4.10. The van der Waals surface area contributed by atoms with Gasteiger partial charge in [-0.25, -0.2) is 4.79 Å². The summed E-state index contributed by atoms with van der Waals surface area (Å²) in [5.41, 5.74) is -0.731. The average Bonchev–Trinajstić information content (AvgIpc) is 2.41. The third-order valence-corrected chi connectivity index (χ3v) is 3.34. The summed E-state index contributed by atoms with van der Waals surface area (Å²) < 4.78 is 6.05. The standard InChI is InChI=1S/C13H10Cl2N2O4/c14-9-2-1-3-10(15)8(9)7-21-12(19)6-17-5-4-11(18)16-13(17)20/h1-5H,6-7H2,(H,16,18,20). The van der Waals surface area contributed by atoms with E-state index in [1.807, 2.05) is 4.98 Å². The number of aromatic nitrogens is 2. The number of hydrogen-bond acceptors (Lipinski definition) is 4. The van der Waals surface area contributed by atoms with Crippen molar-refractivity contribution in [1.29, 1.82) is 0 Å². The lowest BCUT2D eigenvalue weighted by Gasteiger charge is -2.09. The summed E-state index contributed by atoms with van der Waals surface area (Å²) >= 11 is 11.9. The molecule has 8 heteroatoms. The highest BCUT2D eigenvalue weighted by molar-refractivity contribution is 6.35. The summed E-state index contributed by atoms with van der Waals surface area (Å²) in [6.45, 7) is -0.423. The quantitative estimate of drug-likeness (QED) is 0.864. The Morgan fingerprint density at radius 3 is 2.48 bits per heavy atom. The fourth-order valence-corrected chi connectivity index (χ4v) is 2.08. The predicted molar refractivity (Wildman–Crippen MR) is 77.6 cm³/mol. The number of benzene rings is 1. The first-order chi connectivity index (χ1) is 9.97. The maximum atomic E-state index is 11.7. The average molecular weight is 329 g/mol. The monoisotopic (exact) mass is 328 g/mol. The molecule has 110 valence electrons. The van der Waals surface area contributed by atoms with Crippen LogP contribution in [0, 0.1) is 0 Å². The fraction of sp³-hybridized carbons (Fsp3) is 0.154. The molecule has 1 heterocycles. The van der Waals surface area contributed by atoms with Gasteiger partial charge in [0.25, 0.3) is 5.56 Å². The van der Waals surface area contributed by atoms with Gasteiger partial charge in [0.15, 0.2) is 0 Å². The Morgan fingerprint density at radius 1 is 1.19 bits per heavy atom. The number of halogens is 2. The lowest BCUT2D eigenvalue weighted by Crippen LogP contribution is -2.31. The normalized spacial score (nSPS) is 10.4. The van der Waals surface area contributed by atoms with E-state index in [1.54, 1.807) is 18.2 Å². The molecule has 0 unspecified atom stereocenters. The maximum Gasteiger partial charge on any atom is 0.328 e. The fourth-order valence-electron chi connectivity index (χ4n) is 1.58. The molecular weight excluding hydrogens is 319 g/mol. The minimum atomic E-state index is -0.685. The van der Waals surface area contributed by atoms with Crippen molar-refractivity contribution in [2.24, 2.45) is 0 Å². The first-order valence-corrected chi connectivity index (χ1v) is 6.61. The number of nitrogens with zero attached hydrogens (tertiary/aromatic N) is 1. The number of hydrogen-bond donors (Lipinski definition) is 1. The largest absolute Gasteiger partial charge is 0.459 e. The summed E-state index contributed by atoms with van der Waals surface area (Å²) in [6.07, 6.45) is 1.21. The van der Waals surface area contributed by atoms with Crippen molar-refractivity contribution in [3.05, 3.63) is 66.9 Å². The van der Waals surface area contributed by atoms with Gasteiger partial charge < -0.3 is 4.74 Å². The van der Waals surface area contributed by atoms with Gasteiger partial charge in [-0.05, 0) is 12.1 Å². The van der Waals surface area contributed by atoms with Crippen molar-refractivity contribution in [3.8, 4) is 0 Å². The smallest absolute Gasteiger partial charge is 0.328 e. The molecule has 2 rings (SSSR count). The van der Waals surface area contributed by atoms with E-state index in [1.165, 1.54) is 6.20 Å².